The Balaban J connectivity index is 1.67. The van der Waals surface area contributed by atoms with Gasteiger partial charge in [0.25, 0.3) is 5.91 Å². The zero-order valence-corrected chi connectivity index (χ0v) is 18.5. The van der Waals surface area contributed by atoms with Crippen LogP contribution in [0.5, 0.6) is 0 Å². The van der Waals surface area contributed by atoms with Gasteiger partial charge in [-0.3, -0.25) is 9.59 Å². The first-order valence-electron chi connectivity index (χ1n) is 10.7. The number of aryl methyl sites for hydroxylation is 1. The van der Waals surface area contributed by atoms with Crippen LogP contribution in [0, 0.1) is 19.8 Å². The van der Waals surface area contributed by atoms with E-state index in [1.165, 1.54) is 7.11 Å². The summed E-state index contributed by atoms with van der Waals surface area (Å²) >= 11 is 0. The van der Waals surface area contributed by atoms with E-state index in [9.17, 15) is 22.8 Å². The van der Waals surface area contributed by atoms with E-state index in [0.717, 1.165) is 22.6 Å². The van der Waals surface area contributed by atoms with Gasteiger partial charge in [-0.15, -0.1) is 0 Å². The average molecular weight is 451 g/mol. The monoisotopic (exact) mass is 451 g/mol. The predicted molar refractivity (Wildman–Crippen MR) is 113 cm³/mol. The quantitative estimate of drug-likeness (QED) is 0.659. The van der Waals surface area contributed by atoms with Gasteiger partial charge >= 0.3 is 12.1 Å². The Labute approximate surface area is 185 Å². The molecule has 2 aromatic rings. The standard InChI is InChI=1S/C23H28F3N3O3/c1-14-20(11-12-21(30)32-3)15(2)29(28-14)19-9-7-16(8-10-19)22(31)27-18-6-4-5-17(13-18)23(24,25)26/h7-10,17-18H,4-6,11-13H2,1-3H3,(H,27,31). The van der Waals surface area contributed by atoms with E-state index in [1.54, 1.807) is 28.9 Å². The van der Waals surface area contributed by atoms with Crippen LogP contribution in [-0.2, 0) is 16.0 Å². The first kappa shape index (κ1) is 23.8. The summed E-state index contributed by atoms with van der Waals surface area (Å²) in [5.74, 6) is -2.02. The van der Waals surface area contributed by atoms with Gasteiger partial charge in [-0.1, -0.05) is 6.42 Å². The van der Waals surface area contributed by atoms with Crippen molar-refractivity contribution >= 4 is 11.9 Å². The number of nitrogens with zero attached hydrogens (tertiary/aromatic N) is 2. The molecule has 6 nitrogen and oxygen atoms in total. The number of carbonyl (C=O) groups is 2. The Hall–Kier alpha value is -2.84. The SMILES string of the molecule is COC(=O)CCc1c(C)nn(-c2ccc(C(=O)NC3CCCC(C(F)(F)F)C3)cc2)c1C. The Morgan fingerprint density at radius 2 is 1.88 bits per heavy atom. The van der Waals surface area contributed by atoms with Crippen molar-refractivity contribution in [3.05, 3.63) is 46.8 Å². The second kappa shape index (κ2) is 9.75. The van der Waals surface area contributed by atoms with Gasteiger partial charge in [0.1, 0.15) is 0 Å². The topological polar surface area (TPSA) is 73.2 Å². The summed E-state index contributed by atoms with van der Waals surface area (Å²) in [7, 11) is 1.35. The Kier molecular flexibility index (Phi) is 7.26. The van der Waals surface area contributed by atoms with Gasteiger partial charge in [-0.25, -0.2) is 4.68 Å². The number of methoxy groups -OCH3 is 1. The second-order valence-corrected chi connectivity index (χ2v) is 8.26. The molecule has 0 radical (unpaired) electrons. The molecule has 1 fully saturated rings. The minimum Gasteiger partial charge on any atom is -0.469 e. The number of hydrogen-bond acceptors (Lipinski definition) is 4. The predicted octanol–water partition coefficient (Wildman–Crippen LogP) is 4.45. The fourth-order valence-electron chi connectivity index (χ4n) is 4.26. The summed E-state index contributed by atoms with van der Waals surface area (Å²) in [5, 5.41) is 7.29. The Morgan fingerprint density at radius 3 is 2.50 bits per heavy atom. The highest BCUT2D eigenvalue weighted by atomic mass is 19.4. The minimum absolute atomic E-state index is 0.0760. The van der Waals surface area contributed by atoms with Crippen molar-refractivity contribution in [2.45, 2.75) is 64.6 Å². The largest absolute Gasteiger partial charge is 0.469 e. The van der Waals surface area contributed by atoms with E-state index in [2.05, 4.69) is 10.4 Å². The molecule has 0 saturated heterocycles. The van der Waals surface area contributed by atoms with Crippen molar-refractivity contribution < 1.29 is 27.5 Å². The second-order valence-electron chi connectivity index (χ2n) is 8.26. The number of nitrogens with one attached hydrogen (secondary N) is 1. The number of ether oxygens (including phenoxy) is 1. The Morgan fingerprint density at radius 1 is 1.19 bits per heavy atom. The molecule has 32 heavy (non-hydrogen) atoms. The molecule has 1 heterocycles. The van der Waals surface area contributed by atoms with E-state index in [-0.39, 0.29) is 31.1 Å². The highest BCUT2D eigenvalue weighted by molar-refractivity contribution is 5.94. The van der Waals surface area contributed by atoms with Crippen molar-refractivity contribution in [3.63, 3.8) is 0 Å². The zero-order chi connectivity index (χ0) is 23.5. The third-order valence-corrected chi connectivity index (χ3v) is 6.09. The molecule has 2 atom stereocenters. The third kappa shape index (κ3) is 5.49. The summed E-state index contributed by atoms with van der Waals surface area (Å²) in [6.45, 7) is 3.78. The summed E-state index contributed by atoms with van der Waals surface area (Å²) in [5.41, 5.74) is 3.80. The molecule has 1 saturated carbocycles. The molecular formula is C23H28F3N3O3. The lowest BCUT2D eigenvalue weighted by Gasteiger charge is -2.31. The number of carbonyl (C=O) groups excluding carboxylic acids is 2. The summed E-state index contributed by atoms with van der Waals surface area (Å²) in [4.78, 5) is 24.0. The van der Waals surface area contributed by atoms with Crippen LogP contribution in [-0.4, -0.2) is 41.0 Å². The smallest absolute Gasteiger partial charge is 0.391 e. The Bertz CT molecular complexity index is 967. The highest BCUT2D eigenvalue weighted by Crippen LogP contribution is 2.37. The normalized spacial score (nSPS) is 18.9. The van der Waals surface area contributed by atoms with Crippen LogP contribution in [0.1, 0.15) is 59.4 Å². The molecule has 2 unspecified atom stereocenters. The van der Waals surface area contributed by atoms with Crippen LogP contribution in [0.15, 0.2) is 24.3 Å². The summed E-state index contributed by atoms with van der Waals surface area (Å²) < 4.78 is 45.5. The first-order chi connectivity index (χ1) is 15.1. The zero-order valence-electron chi connectivity index (χ0n) is 18.5. The van der Waals surface area contributed by atoms with Gasteiger partial charge in [0.2, 0.25) is 0 Å². The van der Waals surface area contributed by atoms with Gasteiger partial charge in [0.05, 0.1) is 24.4 Å². The maximum absolute atomic E-state index is 13.0. The van der Waals surface area contributed by atoms with Crippen molar-refractivity contribution in [3.8, 4) is 5.69 Å². The molecule has 174 valence electrons. The number of hydrogen-bond donors (Lipinski definition) is 1. The van der Waals surface area contributed by atoms with Crippen LogP contribution < -0.4 is 5.32 Å². The molecule has 1 amide bonds. The van der Waals surface area contributed by atoms with Crippen LogP contribution >= 0.6 is 0 Å². The van der Waals surface area contributed by atoms with Crippen molar-refractivity contribution in [2.75, 3.05) is 7.11 Å². The number of esters is 1. The molecule has 0 spiro atoms. The maximum Gasteiger partial charge on any atom is 0.391 e. The number of alkyl halides is 3. The molecule has 0 aliphatic heterocycles. The summed E-state index contributed by atoms with van der Waals surface area (Å²) in [6, 6.07) is 6.30. The van der Waals surface area contributed by atoms with Gasteiger partial charge in [0.15, 0.2) is 0 Å². The van der Waals surface area contributed by atoms with E-state index < -0.39 is 18.1 Å². The van der Waals surface area contributed by atoms with Crippen molar-refractivity contribution in [2.24, 2.45) is 5.92 Å². The van der Waals surface area contributed by atoms with Crippen LogP contribution in [0.2, 0.25) is 0 Å². The minimum atomic E-state index is -4.22. The van der Waals surface area contributed by atoms with Crippen LogP contribution in [0.4, 0.5) is 13.2 Å². The molecule has 1 aliphatic carbocycles. The van der Waals surface area contributed by atoms with Crippen molar-refractivity contribution in [1.29, 1.82) is 0 Å². The highest BCUT2D eigenvalue weighted by Gasteiger charge is 2.42. The fraction of sp³-hybridized carbons (Fsp3) is 0.522. The summed E-state index contributed by atoms with van der Waals surface area (Å²) in [6.07, 6.45) is -2.39. The maximum atomic E-state index is 13.0. The van der Waals surface area contributed by atoms with Gasteiger partial charge in [-0.2, -0.15) is 18.3 Å². The number of rotatable bonds is 6. The lowest BCUT2D eigenvalue weighted by atomic mass is 9.85. The third-order valence-electron chi connectivity index (χ3n) is 6.09. The van der Waals surface area contributed by atoms with Crippen LogP contribution in [0.25, 0.3) is 5.69 Å². The average Bonchev–Trinajstić information content (AvgIpc) is 3.05. The first-order valence-corrected chi connectivity index (χ1v) is 10.7. The van der Waals surface area contributed by atoms with Gasteiger partial charge < -0.3 is 10.1 Å². The van der Waals surface area contributed by atoms with E-state index in [4.69, 9.17) is 4.74 Å². The number of amides is 1. The van der Waals surface area contributed by atoms with Gasteiger partial charge in [-0.05, 0) is 69.4 Å². The van der Waals surface area contributed by atoms with Crippen LogP contribution in [0.3, 0.4) is 0 Å². The van der Waals surface area contributed by atoms with Gasteiger partial charge in [0, 0.05) is 23.7 Å². The van der Waals surface area contributed by atoms with E-state index in [1.807, 2.05) is 13.8 Å². The molecule has 3 rings (SSSR count). The molecule has 1 aliphatic rings. The number of halogens is 3. The molecular weight excluding hydrogens is 423 g/mol. The van der Waals surface area contributed by atoms with Crippen molar-refractivity contribution in [1.82, 2.24) is 15.1 Å². The molecule has 0 bridgehead atoms. The molecule has 1 aromatic carbocycles. The molecule has 1 N–H and O–H groups in total. The fourth-order valence-corrected chi connectivity index (χ4v) is 4.26. The number of benzene rings is 1. The number of aromatic nitrogens is 2. The van der Waals surface area contributed by atoms with E-state index >= 15 is 0 Å². The lowest BCUT2D eigenvalue weighted by molar-refractivity contribution is -0.183. The molecule has 9 heteroatoms. The molecule has 1 aromatic heterocycles. The van der Waals surface area contributed by atoms with E-state index in [0.29, 0.717) is 24.8 Å². The lowest BCUT2D eigenvalue weighted by Crippen LogP contribution is -2.41.